The molecule has 0 heterocycles. The molecule has 0 spiro atoms. The van der Waals surface area contributed by atoms with E-state index in [-0.39, 0.29) is 5.41 Å². The number of nitrogens with zero attached hydrogens (tertiary/aromatic N) is 1. The van der Waals surface area contributed by atoms with Gasteiger partial charge in [-0.3, -0.25) is 0 Å². The van der Waals surface area contributed by atoms with E-state index in [0.29, 0.717) is 0 Å². The summed E-state index contributed by atoms with van der Waals surface area (Å²) in [6, 6.07) is 2.84. The number of hydrogen-bond donors (Lipinski definition) is 0. The molecule has 0 aromatic rings. The van der Waals surface area contributed by atoms with Crippen molar-refractivity contribution in [3.8, 4) is 6.07 Å². The summed E-state index contributed by atoms with van der Waals surface area (Å²) in [5.41, 5.74) is 0.0243. The molecule has 2 heteroatoms. The van der Waals surface area contributed by atoms with Gasteiger partial charge in [-0.15, -0.1) is 0 Å². The molecule has 4 fully saturated rings. The summed E-state index contributed by atoms with van der Waals surface area (Å²) in [5, 5.41) is 10.1. The van der Waals surface area contributed by atoms with E-state index in [0.717, 1.165) is 48.0 Å². The summed E-state index contributed by atoms with van der Waals surface area (Å²) in [6.07, 6.45) is 20.4. The van der Waals surface area contributed by atoms with Crippen molar-refractivity contribution < 1.29 is 4.74 Å². The third kappa shape index (κ3) is 4.42. The highest BCUT2D eigenvalue weighted by atomic mass is 16.5. The lowest BCUT2D eigenvalue weighted by atomic mass is 9.48. The van der Waals surface area contributed by atoms with E-state index in [4.69, 9.17) is 4.74 Å². The van der Waals surface area contributed by atoms with E-state index in [1.807, 2.05) is 7.11 Å². The Morgan fingerprint density at radius 3 is 2.45 bits per heavy atom. The fourth-order valence-electron chi connectivity index (χ4n) is 8.70. The van der Waals surface area contributed by atoms with E-state index in [1.165, 1.54) is 96.3 Å². The zero-order valence-corrected chi connectivity index (χ0v) is 19.2. The van der Waals surface area contributed by atoms with Gasteiger partial charge in [0.1, 0.15) is 0 Å². The molecule has 8 atom stereocenters. The molecule has 0 N–H and O–H groups in total. The number of unbranched alkanes of at least 4 members (excludes halogenated alkanes) is 2. The van der Waals surface area contributed by atoms with Crippen molar-refractivity contribution in [3.05, 3.63) is 0 Å². The first-order chi connectivity index (χ1) is 14.2. The third-order valence-corrected chi connectivity index (χ3v) is 10.0. The number of nitriles is 1. The molecule has 6 unspecified atom stereocenters. The van der Waals surface area contributed by atoms with Gasteiger partial charge in [0.2, 0.25) is 0 Å². The van der Waals surface area contributed by atoms with E-state index in [1.54, 1.807) is 0 Å². The smallest absolute Gasteiger partial charge is 0.0689 e. The Morgan fingerprint density at radius 1 is 0.897 bits per heavy atom. The van der Waals surface area contributed by atoms with Crippen LogP contribution in [0, 0.1) is 58.2 Å². The van der Waals surface area contributed by atoms with Crippen molar-refractivity contribution >= 4 is 0 Å². The van der Waals surface area contributed by atoms with Crippen LogP contribution in [0.2, 0.25) is 0 Å². The minimum atomic E-state index is 0.0243. The maximum Gasteiger partial charge on any atom is 0.0689 e. The Morgan fingerprint density at radius 2 is 1.66 bits per heavy atom. The molecule has 0 aliphatic heterocycles. The van der Waals surface area contributed by atoms with Crippen LogP contribution in [0.5, 0.6) is 0 Å². The zero-order valence-electron chi connectivity index (χ0n) is 19.2. The van der Waals surface area contributed by atoms with E-state index >= 15 is 0 Å². The molecule has 0 saturated heterocycles. The van der Waals surface area contributed by atoms with Gasteiger partial charge in [-0.25, -0.2) is 0 Å². The summed E-state index contributed by atoms with van der Waals surface area (Å²) >= 11 is 0. The van der Waals surface area contributed by atoms with Crippen LogP contribution < -0.4 is 0 Å². The molecule has 4 aliphatic carbocycles. The lowest BCUT2D eigenvalue weighted by molar-refractivity contribution is -0.0734. The van der Waals surface area contributed by atoms with Crippen LogP contribution in [-0.2, 0) is 4.74 Å². The van der Waals surface area contributed by atoms with Gasteiger partial charge in [0.15, 0.2) is 0 Å². The first-order valence-corrected chi connectivity index (χ1v) is 13.1. The van der Waals surface area contributed by atoms with Crippen molar-refractivity contribution in [1.29, 1.82) is 5.26 Å². The van der Waals surface area contributed by atoms with Gasteiger partial charge < -0.3 is 4.74 Å². The second-order valence-corrected chi connectivity index (χ2v) is 11.3. The minimum Gasteiger partial charge on any atom is -0.385 e. The van der Waals surface area contributed by atoms with Crippen LogP contribution in [0.3, 0.4) is 0 Å². The largest absolute Gasteiger partial charge is 0.385 e. The fourth-order valence-corrected chi connectivity index (χ4v) is 8.70. The molecule has 164 valence electrons. The SMILES string of the molecule is CCCCC[C@@]1(C#N)CCC2C(CCC3C2CCC2C3CCC[C@H]2CCOC)C1. The lowest BCUT2D eigenvalue weighted by Gasteiger charge is -2.57. The summed E-state index contributed by atoms with van der Waals surface area (Å²) in [5.74, 6) is 6.74. The molecule has 0 bridgehead atoms. The van der Waals surface area contributed by atoms with Gasteiger partial charge in [0.25, 0.3) is 0 Å². The van der Waals surface area contributed by atoms with Crippen molar-refractivity contribution in [2.24, 2.45) is 46.8 Å². The Balaban J connectivity index is 1.40. The van der Waals surface area contributed by atoms with Crippen LogP contribution in [0.25, 0.3) is 0 Å². The molecule has 0 amide bonds. The number of methoxy groups -OCH3 is 1. The second kappa shape index (κ2) is 9.72. The van der Waals surface area contributed by atoms with Crippen LogP contribution in [-0.4, -0.2) is 13.7 Å². The number of fused-ring (bicyclic) bond motifs is 5. The summed E-state index contributed by atoms with van der Waals surface area (Å²) in [6.45, 7) is 3.24. The van der Waals surface area contributed by atoms with Crippen LogP contribution in [0.4, 0.5) is 0 Å². The lowest BCUT2D eigenvalue weighted by Crippen LogP contribution is -2.49. The number of rotatable bonds is 7. The molecule has 2 nitrogen and oxygen atoms in total. The van der Waals surface area contributed by atoms with Gasteiger partial charge in [0.05, 0.1) is 11.5 Å². The first kappa shape index (κ1) is 21.7. The fraction of sp³-hybridized carbons (Fsp3) is 0.963. The van der Waals surface area contributed by atoms with Crippen LogP contribution >= 0.6 is 0 Å². The molecule has 0 aromatic carbocycles. The van der Waals surface area contributed by atoms with E-state index in [2.05, 4.69) is 13.0 Å². The van der Waals surface area contributed by atoms with Gasteiger partial charge in [-0.2, -0.15) is 5.26 Å². The number of hydrogen-bond acceptors (Lipinski definition) is 2. The van der Waals surface area contributed by atoms with Gasteiger partial charge in [-0.05, 0) is 106 Å². The third-order valence-electron chi connectivity index (χ3n) is 10.0. The van der Waals surface area contributed by atoms with Crippen molar-refractivity contribution in [2.75, 3.05) is 13.7 Å². The van der Waals surface area contributed by atoms with Gasteiger partial charge in [0, 0.05) is 13.7 Å². The van der Waals surface area contributed by atoms with Crippen LogP contribution in [0.1, 0.15) is 103 Å². The maximum absolute atomic E-state index is 10.1. The second-order valence-electron chi connectivity index (χ2n) is 11.3. The van der Waals surface area contributed by atoms with Gasteiger partial charge >= 0.3 is 0 Å². The Kier molecular flexibility index (Phi) is 7.26. The molecule has 4 saturated carbocycles. The van der Waals surface area contributed by atoms with Crippen LogP contribution in [0.15, 0.2) is 0 Å². The number of ether oxygens (including phenoxy) is 1. The van der Waals surface area contributed by atoms with Crippen molar-refractivity contribution in [1.82, 2.24) is 0 Å². The Bertz CT molecular complexity index is 567. The molecular formula is C27H45NO. The highest BCUT2D eigenvalue weighted by Gasteiger charge is 2.52. The van der Waals surface area contributed by atoms with E-state index in [9.17, 15) is 5.26 Å². The average Bonchev–Trinajstić information content (AvgIpc) is 2.77. The normalized spacial score (nSPS) is 44.2. The molecule has 0 aromatic heterocycles. The summed E-state index contributed by atoms with van der Waals surface area (Å²) in [4.78, 5) is 0. The molecular weight excluding hydrogens is 354 g/mol. The predicted molar refractivity (Wildman–Crippen MR) is 119 cm³/mol. The highest BCUT2D eigenvalue weighted by Crippen LogP contribution is 2.60. The minimum absolute atomic E-state index is 0.0243. The summed E-state index contributed by atoms with van der Waals surface area (Å²) in [7, 11) is 1.87. The average molecular weight is 400 g/mol. The Labute approximate surface area is 180 Å². The molecule has 29 heavy (non-hydrogen) atoms. The predicted octanol–water partition coefficient (Wildman–Crippen LogP) is 7.38. The van der Waals surface area contributed by atoms with E-state index < -0.39 is 0 Å². The topological polar surface area (TPSA) is 33.0 Å². The molecule has 4 rings (SSSR count). The van der Waals surface area contributed by atoms with Crippen molar-refractivity contribution in [3.63, 3.8) is 0 Å². The molecule has 4 aliphatic rings. The summed E-state index contributed by atoms with van der Waals surface area (Å²) < 4.78 is 5.44. The highest BCUT2D eigenvalue weighted by molar-refractivity contribution is 5.07. The standard InChI is InChI=1S/C27H45NO/c1-3-4-5-15-27(19-28)16-13-23-21(18-27)9-10-26-24-8-6-7-20(14-17-29-2)22(24)11-12-25(23)26/h20-26H,3-18H2,1-2H3/t20-,21?,22?,23?,24?,25?,26?,27+/m0/s1. The van der Waals surface area contributed by atoms with Gasteiger partial charge in [-0.1, -0.05) is 39.0 Å². The monoisotopic (exact) mass is 399 g/mol. The first-order valence-electron chi connectivity index (χ1n) is 13.1. The molecule has 0 radical (unpaired) electrons. The quantitative estimate of drug-likeness (QED) is 0.418. The Hall–Kier alpha value is -0.550. The zero-order chi connectivity index (χ0) is 20.3. The maximum atomic E-state index is 10.1. The van der Waals surface area contributed by atoms with Crippen molar-refractivity contribution in [2.45, 2.75) is 103 Å².